The molecule has 0 unspecified atom stereocenters. The van der Waals surface area contributed by atoms with Crippen molar-refractivity contribution in [3.05, 3.63) is 77.2 Å². The fraction of sp³-hybridized carbons (Fsp3) is 0.0588. The third-order valence-electron chi connectivity index (χ3n) is 3.10. The zero-order valence-electron chi connectivity index (χ0n) is 11.1. The molecule has 0 bridgehead atoms. The number of thiophene rings is 1. The highest BCUT2D eigenvalue weighted by atomic mass is 32.1. The molecule has 0 saturated heterocycles. The van der Waals surface area contributed by atoms with Crippen LogP contribution in [0.2, 0.25) is 0 Å². The number of benzene rings is 2. The summed E-state index contributed by atoms with van der Waals surface area (Å²) in [5.41, 5.74) is 1.34. The molecule has 2 aromatic carbocycles. The van der Waals surface area contributed by atoms with E-state index in [1.807, 2.05) is 30.3 Å². The average Bonchev–Trinajstić information content (AvgIpc) is 2.98. The van der Waals surface area contributed by atoms with E-state index in [2.05, 4.69) is 17.4 Å². The molecule has 0 aliphatic heterocycles. The van der Waals surface area contributed by atoms with Crippen LogP contribution in [0.15, 0.2) is 60.7 Å². The number of anilines is 1. The molecule has 0 amide bonds. The van der Waals surface area contributed by atoms with Gasteiger partial charge < -0.3 is 5.32 Å². The predicted molar refractivity (Wildman–Crippen MR) is 83.4 cm³/mol. The Morgan fingerprint density at radius 2 is 1.71 bits per heavy atom. The smallest absolute Gasteiger partial charge is 0.146 e. The molecular weight excluding hydrogens is 288 g/mol. The lowest BCUT2D eigenvalue weighted by atomic mass is 10.2. The molecule has 1 heterocycles. The van der Waals surface area contributed by atoms with Crippen molar-refractivity contribution in [2.24, 2.45) is 0 Å². The van der Waals surface area contributed by atoms with Gasteiger partial charge in [-0.2, -0.15) is 0 Å². The molecule has 0 aliphatic rings. The summed E-state index contributed by atoms with van der Waals surface area (Å²) in [6.07, 6.45) is 0. The molecule has 0 atom stereocenters. The van der Waals surface area contributed by atoms with Gasteiger partial charge in [0.2, 0.25) is 0 Å². The zero-order chi connectivity index (χ0) is 14.7. The third kappa shape index (κ3) is 3.28. The van der Waals surface area contributed by atoms with Gasteiger partial charge in [-0.05, 0) is 35.9 Å². The van der Waals surface area contributed by atoms with E-state index in [-0.39, 0.29) is 5.69 Å². The number of hydrogen-bond acceptors (Lipinski definition) is 2. The van der Waals surface area contributed by atoms with Gasteiger partial charge in [0.05, 0.1) is 5.69 Å². The second-order valence-corrected chi connectivity index (χ2v) is 5.78. The Bertz CT molecular complexity index is 738. The van der Waals surface area contributed by atoms with Gasteiger partial charge in [-0.3, -0.25) is 0 Å². The van der Waals surface area contributed by atoms with Crippen LogP contribution >= 0.6 is 11.3 Å². The van der Waals surface area contributed by atoms with Gasteiger partial charge in [-0.25, -0.2) is 8.78 Å². The van der Waals surface area contributed by atoms with E-state index in [1.54, 1.807) is 11.3 Å². The van der Waals surface area contributed by atoms with Crippen LogP contribution in [0.25, 0.3) is 10.4 Å². The van der Waals surface area contributed by atoms with E-state index in [0.717, 1.165) is 27.5 Å². The van der Waals surface area contributed by atoms with Crippen LogP contribution in [0.4, 0.5) is 14.5 Å². The highest BCUT2D eigenvalue weighted by molar-refractivity contribution is 7.15. The quantitative estimate of drug-likeness (QED) is 0.689. The Hall–Kier alpha value is -2.20. The molecule has 1 aromatic heterocycles. The minimum Gasteiger partial charge on any atom is -0.378 e. The van der Waals surface area contributed by atoms with Crippen molar-refractivity contribution in [3.8, 4) is 10.4 Å². The monoisotopic (exact) mass is 301 g/mol. The standard InChI is InChI=1S/C17H13F2NS/c18-13-6-8-15(19)16(10-13)20-11-14-7-9-17(21-14)12-4-2-1-3-5-12/h1-10,20H,11H2. The van der Waals surface area contributed by atoms with Crippen molar-refractivity contribution in [2.75, 3.05) is 5.32 Å². The topological polar surface area (TPSA) is 12.0 Å². The van der Waals surface area contributed by atoms with Crippen molar-refractivity contribution in [2.45, 2.75) is 6.54 Å². The van der Waals surface area contributed by atoms with E-state index < -0.39 is 11.6 Å². The molecule has 21 heavy (non-hydrogen) atoms. The van der Waals surface area contributed by atoms with Crippen LogP contribution < -0.4 is 5.32 Å². The molecule has 0 aliphatic carbocycles. The molecule has 1 nitrogen and oxygen atoms in total. The first-order valence-electron chi connectivity index (χ1n) is 6.55. The normalized spacial score (nSPS) is 10.6. The molecule has 0 spiro atoms. The molecule has 0 fully saturated rings. The number of hydrogen-bond donors (Lipinski definition) is 1. The first-order valence-corrected chi connectivity index (χ1v) is 7.37. The second-order valence-electron chi connectivity index (χ2n) is 4.61. The Balaban J connectivity index is 1.72. The fourth-order valence-corrected chi connectivity index (χ4v) is 3.00. The van der Waals surface area contributed by atoms with Crippen LogP contribution in [0.1, 0.15) is 4.88 Å². The lowest BCUT2D eigenvalue weighted by Gasteiger charge is -2.06. The first kappa shape index (κ1) is 13.8. The number of halogens is 2. The van der Waals surface area contributed by atoms with E-state index >= 15 is 0 Å². The van der Waals surface area contributed by atoms with Gasteiger partial charge in [-0.1, -0.05) is 30.3 Å². The maximum absolute atomic E-state index is 13.5. The average molecular weight is 301 g/mol. The van der Waals surface area contributed by atoms with Crippen LogP contribution in [-0.4, -0.2) is 0 Å². The van der Waals surface area contributed by atoms with Crippen molar-refractivity contribution in [1.82, 2.24) is 0 Å². The third-order valence-corrected chi connectivity index (χ3v) is 4.24. The summed E-state index contributed by atoms with van der Waals surface area (Å²) < 4.78 is 26.6. The maximum Gasteiger partial charge on any atom is 0.146 e. The van der Waals surface area contributed by atoms with Crippen LogP contribution in [0.3, 0.4) is 0 Å². The SMILES string of the molecule is Fc1ccc(F)c(NCc2ccc(-c3ccccc3)s2)c1. The van der Waals surface area contributed by atoms with E-state index in [9.17, 15) is 8.78 Å². The minimum absolute atomic E-state index is 0.185. The summed E-state index contributed by atoms with van der Waals surface area (Å²) in [5, 5.41) is 2.93. The van der Waals surface area contributed by atoms with Gasteiger partial charge in [0, 0.05) is 16.3 Å². The van der Waals surface area contributed by atoms with Crippen molar-refractivity contribution < 1.29 is 8.78 Å². The zero-order valence-corrected chi connectivity index (χ0v) is 12.0. The lowest BCUT2D eigenvalue weighted by Crippen LogP contribution is -2.00. The van der Waals surface area contributed by atoms with E-state index in [1.165, 1.54) is 6.07 Å². The molecule has 4 heteroatoms. The summed E-state index contributed by atoms with van der Waals surface area (Å²) in [7, 11) is 0. The minimum atomic E-state index is -0.449. The highest BCUT2D eigenvalue weighted by Gasteiger charge is 2.06. The Kier molecular flexibility index (Phi) is 3.97. The summed E-state index contributed by atoms with van der Waals surface area (Å²) in [4.78, 5) is 2.23. The summed E-state index contributed by atoms with van der Waals surface area (Å²) in [6, 6.07) is 17.5. The van der Waals surface area contributed by atoms with Gasteiger partial charge in [-0.15, -0.1) is 11.3 Å². The van der Waals surface area contributed by atoms with E-state index in [0.29, 0.717) is 6.54 Å². The van der Waals surface area contributed by atoms with E-state index in [4.69, 9.17) is 0 Å². The van der Waals surface area contributed by atoms with Crippen LogP contribution in [0.5, 0.6) is 0 Å². The Morgan fingerprint density at radius 3 is 2.52 bits per heavy atom. The number of nitrogens with one attached hydrogen (secondary N) is 1. The molecule has 0 saturated carbocycles. The van der Waals surface area contributed by atoms with Gasteiger partial charge >= 0.3 is 0 Å². The van der Waals surface area contributed by atoms with Crippen LogP contribution in [0, 0.1) is 11.6 Å². The highest BCUT2D eigenvalue weighted by Crippen LogP contribution is 2.28. The largest absolute Gasteiger partial charge is 0.378 e. The molecule has 1 N–H and O–H groups in total. The van der Waals surface area contributed by atoms with Crippen molar-refractivity contribution in [3.63, 3.8) is 0 Å². The van der Waals surface area contributed by atoms with Crippen LogP contribution in [-0.2, 0) is 6.54 Å². The summed E-state index contributed by atoms with van der Waals surface area (Å²) in [5.74, 6) is -0.897. The fourth-order valence-electron chi connectivity index (χ4n) is 2.05. The maximum atomic E-state index is 13.5. The molecule has 106 valence electrons. The van der Waals surface area contributed by atoms with Crippen molar-refractivity contribution >= 4 is 17.0 Å². The van der Waals surface area contributed by atoms with Gasteiger partial charge in [0.15, 0.2) is 0 Å². The Labute approximate surface area is 125 Å². The molecular formula is C17H13F2NS. The van der Waals surface area contributed by atoms with Gasteiger partial charge in [0.25, 0.3) is 0 Å². The van der Waals surface area contributed by atoms with Crippen molar-refractivity contribution in [1.29, 1.82) is 0 Å². The molecule has 3 aromatic rings. The molecule has 0 radical (unpaired) electrons. The number of rotatable bonds is 4. The lowest BCUT2D eigenvalue weighted by molar-refractivity contribution is 0.602. The van der Waals surface area contributed by atoms with Gasteiger partial charge in [0.1, 0.15) is 11.6 Å². The predicted octanol–water partition coefficient (Wildman–Crippen LogP) is 5.31. The summed E-state index contributed by atoms with van der Waals surface area (Å²) >= 11 is 1.64. The summed E-state index contributed by atoms with van der Waals surface area (Å²) in [6.45, 7) is 0.470. The first-order chi connectivity index (χ1) is 10.2. The Morgan fingerprint density at radius 1 is 0.905 bits per heavy atom. The molecule has 3 rings (SSSR count). The second kappa shape index (κ2) is 6.06.